The van der Waals surface area contributed by atoms with Gasteiger partial charge in [-0.3, -0.25) is 9.69 Å². The smallest absolute Gasteiger partial charge is 0.255 e. The Hall–Kier alpha value is -0.680. The van der Waals surface area contributed by atoms with Crippen LogP contribution in [0.4, 0.5) is 5.69 Å². The van der Waals surface area contributed by atoms with E-state index in [0.29, 0.717) is 22.3 Å². The molecule has 2 aliphatic rings. The van der Waals surface area contributed by atoms with Gasteiger partial charge in [-0.2, -0.15) is 0 Å². The van der Waals surface area contributed by atoms with E-state index in [2.05, 4.69) is 4.90 Å². The molecular formula is C16H24Cl3N3O. The third-order valence-electron chi connectivity index (χ3n) is 4.56. The van der Waals surface area contributed by atoms with Gasteiger partial charge < -0.3 is 10.6 Å². The Balaban J connectivity index is 0.00000132. The molecule has 0 spiro atoms. The molecule has 130 valence electrons. The summed E-state index contributed by atoms with van der Waals surface area (Å²) in [5, 5.41) is 0.447. The summed E-state index contributed by atoms with van der Waals surface area (Å²) in [7, 11) is 0. The van der Waals surface area contributed by atoms with Crippen molar-refractivity contribution in [3.05, 3.63) is 28.8 Å². The first-order valence-corrected chi connectivity index (χ1v) is 8.11. The molecule has 4 nitrogen and oxygen atoms in total. The number of benzene rings is 1. The van der Waals surface area contributed by atoms with Gasteiger partial charge >= 0.3 is 0 Å². The van der Waals surface area contributed by atoms with Crippen molar-refractivity contribution < 1.29 is 4.79 Å². The molecule has 7 heteroatoms. The largest absolute Gasteiger partial charge is 0.399 e. The number of nitrogens with two attached hydrogens (primary N) is 1. The summed E-state index contributed by atoms with van der Waals surface area (Å²) in [4.78, 5) is 17.2. The van der Waals surface area contributed by atoms with Crippen LogP contribution in [0.25, 0.3) is 0 Å². The lowest BCUT2D eigenvalue weighted by Crippen LogP contribution is -2.49. The number of amides is 1. The lowest BCUT2D eigenvalue weighted by molar-refractivity contribution is 0.0608. The van der Waals surface area contributed by atoms with Crippen LogP contribution >= 0.6 is 36.4 Å². The highest BCUT2D eigenvalue weighted by atomic mass is 35.5. The van der Waals surface area contributed by atoms with E-state index in [-0.39, 0.29) is 30.7 Å². The third kappa shape index (κ3) is 4.66. The normalized spacial score (nSPS) is 21.4. The van der Waals surface area contributed by atoms with Gasteiger partial charge in [0.2, 0.25) is 0 Å². The second-order valence-corrected chi connectivity index (χ2v) is 6.44. The van der Waals surface area contributed by atoms with Crippen LogP contribution in [-0.4, -0.2) is 47.9 Å². The molecule has 1 aromatic carbocycles. The van der Waals surface area contributed by atoms with Gasteiger partial charge in [-0.15, -0.1) is 24.8 Å². The standard InChI is InChI=1S/C16H22ClN3O.2ClH/c17-15-10-12(18)5-6-14(15)16(21)20-9-3-4-13(11-20)19-7-1-2-8-19;;/h5-6,10,13H,1-4,7-9,11,18H2;2*1H. The number of anilines is 1. The van der Waals surface area contributed by atoms with Crippen molar-refractivity contribution in [3.63, 3.8) is 0 Å². The van der Waals surface area contributed by atoms with E-state index in [1.807, 2.05) is 4.90 Å². The van der Waals surface area contributed by atoms with E-state index in [4.69, 9.17) is 17.3 Å². The molecule has 0 bridgehead atoms. The van der Waals surface area contributed by atoms with E-state index >= 15 is 0 Å². The monoisotopic (exact) mass is 379 g/mol. The number of nitrogen functional groups attached to an aromatic ring is 1. The first-order valence-electron chi connectivity index (χ1n) is 7.73. The summed E-state index contributed by atoms with van der Waals surface area (Å²) >= 11 is 6.17. The van der Waals surface area contributed by atoms with Crippen molar-refractivity contribution in [2.75, 3.05) is 31.9 Å². The maximum Gasteiger partial charge on any atom is 0.255 e. The molecule has 2 aliphatic heterocycles. The molecule has 3 rings (SSSR count). The molecule has 0 aromatic heterocycles. The summed E-state index contributed by atoms with van der Waals surface area (Å²) in [6, 6.07) is 5.63. The van der Waals surface area contributed by atoms with Crippen LogP contribution in [0.15, 0.2) is 18.2 Å². The summed E-state index contributed by atoms with van der Waals surface area (Å²) in [6.07, 6.45) is 4.83. The van der Waals surface area contributed by atoms with Crippen LogP contribution in [0.3, 0.4) is 0 Å². The molecule has 23 heavy (non-hydrogen) atoms. The number of likely N-dealkylation sites (tertiary alicyclic amines) is 2. The highest BCUT2D eigenvalue weighted by molar-refractivity contribution is 6.34. The zero-order valence-electron chi connectivity index (χ0n) is 13.0. The zero-order chi connectivity index (χ0) is 14.8. The Morgan fingerprint density at radius 1 is 1.13 bits per heavy atom. The summed E-state index contributed by atoms with van der Waals surface area (Å²) < 4.78 is 0. The lowest BCUT2D eigenvalue weighted by atomic mass is 10.0. The average molecular weight is 381 g/mol. The third-order valence-corrected chi connectivity index (χ3v) is 4.88. The summed E-state index contributed by atoms with van der Waals surface area (Å²) in [5.41, 5.74) is 6.85. The molecule has 1 atom stereocenters. The van der Waals surface area contributed by atoms with Gasteiger partial charge in [0.1, 0.15) is 0 Å². The van der Waals surface area contributed by atoms with Gasteiger partial charge in [-0.05, 0) is 57.0 Å². The van der Waals surface area contributed by atoms with Crippen LogP contribution < -0.4 is 5.73 Å². The predicted molar refractivity (Wildman–Crippen MR) is 100 cm³/mol. The molecule has 2 saturated heterocycles. The molecule has 1 unspecified atom stereocenters. The number of hydrogen-bond donors (Lipinski definition) is 1. The fourth-order valence-electron chi connectivity index (χ4n) is 3.42. The number of piperidine rings is 1. The quantitative estimate of drug-likeness (QED) is 0.799. The molecule has 2 fully saturated rings. The summed E-state index contributed by atoms with van der Waals surface area (Å²) in [6.45, 7) is 3.99. The maximum atomic E-state index is 12.7. The first kappa shape index (κ1) is 20.4. The van der Waals surface area contributed by atoms with Gasteiger partial charge in [0.15, 0.2) is 0 Å². The topological polar surface area (TPSA) is 49.6 Å². The van der Waals surface area contributed by atoms with Gasteiger partial charge in [0.05, 0.1) is 10.6 Å². The van der Waals surface area contributed by atoms with Gasteiger partial charge in [-0.25, -0.2) is 0 Å². The van der Waals surface area contributed by atoms with Crippen molar-refractivity contribution in [2.24, 2.45) is 0 Å². The fourth-order valence-corrected chi connectivity index (χ4v) is 3.69. The number of hydrogen-bond acceptors (Lipinski definition) is 3. The van der Waals surface area contributed by atoms with Crippen LogP contribution in [0.1, 0.15) is 36.0 Å². The number of carbonyl (C=O) groups is 1. The van der Waals surface area contributed by atoms with Crippen molar-refractivity contribution in [1.82, 2.24) is 9.80 Å². The number of nitrogens with zero attached hydrogens (tertiary/aromatic N) is 2. The highest BCUT2D eigenvalue weighted by Gasteiger charge is 2.30. The Morgan fingerprint density at radius 2 is 1.83 bits per heavy atom. The Kier molecular flexibility index (Phi) is 7.95. The Labute approximate surface area is 155 Å². The zero-order valence-corrected chi connectivity index (χ0v) is 15.4. The molecule has 1 amide bonds. The second-order valence-electron chi connectivity index (χ2n) is 6.03. The number of carbonyl (C=O) groups excluding carboxylic acids is 1. The van der Waals surface area contributed by atoms with E-state index in [0.717, 1.165) is 19.5 Å². The van der Waals surface area contributed by atoms with Crippen molar-refractivity contribution >= 4 is 48.0 Å². The minimum atomic E-state index is 0. The van der Waals surface area contributed by atoms with Gasteiger partial charge in [0, 0.05) is 24.8 Å². The van der Waals surface area contributed by atoms with Crippen LogP contribution in [0.5, 0.6) is 0 Å². The molecule has 2 N–H and O–H groups in total. The van der Waals surface area contributed by atoms with Crippen molar-refractivity contribution in [1.29, 1.82) is 0 Å². The van der Waals surface area contributed by atoms with Crippen LogP contribution in [-0.2, 0) is 0 Å². The molecule has 1 aromatic rings. The Morgan fingerprint density at radius 3 is 2.48 bits per heavy atom. The highest BCUT2D eigenvalue weighted by Crippen LogP contribution is 2.25. The predicted octanol–water partition coefficient (Wildman–Crippen LogP) is 3.47. The molecule has 2 heterocycles. The van der Waals surface area contributed by atoms with Crippen molar-refractivity contribution in [2.45, 2.75) is 31.7 Å². The lowest BCUT2D eigenvalue weighted by Gasteiger charge is -2.37. The first-order chi connectivity index (χ1) is 10.1. The van der Waals surface area contributed by atoms with Gasteiger partial charge in [-0.1, -0.05) is 11.6 Å². The van der Waals surface area contributed by atoms with Crippen LogP contribution in [0.2, 0.25) is 5.02 Å². The minimum absolute atomic E-state index is 0. The molecule has 0 radical (unpaired) electrons. The van der Waals surface area contributed by atoms with Crippen LogP contribution in [0, 0.1) is 0 Å². The van der Waals surface area contributed by atoms with E-state index in [1.54, 1.807) is 18.2 Å². The Bertz CT molecular complexity index is 535. The van der Waals surface area contributed by atoms with E-state index < -0.39 is 0 Å². The minimum Gasteiger partial charge on any atom is -0.399 e. The molecule has 0 aliphatic carbocycles. The number of halogens is 3. The van der Waals surface area contributed by atoms with Gasteiger partial charge in [0.25, 0.3) is 5.91 Å². The second kappa shape index (κ2) is 8.97. The van der Waals surface area contributed by atoms with E-state index in [9.17, 15) is 4.79 Å². The number of rotatable bonds is 2. The molecule has 0 saturated carbocycles. The van der Waals surface area contributed by atoms with Crippen molar-refractivity contribution in [3.8, 4) is 0 Å². The molecular weight excluding hydrogens is 357 g/mol. The average Bonchev–Trinajstić information content (AvgIpc) is 3.01. The maximum absolute atomic E-state index is 12.7. The van der Waals surface area contributed by atoms with E-state index in [1.165, 1.54) is 32.4 Å². The fraction of sp³-hybridized carbons (Fsp3) is 0.562. The summed E-state index contributed by atoms with van der Waals surface area (Å²) in [5.74, 6) is 0.0314. The SMILES string of the molecule is Cl.Cl.Nc1ccc(C(=O)N2CCCC(N3CCCC3)C2)c(Cl)c1.